The Hall–Kier alpha value is -2.09. The largest absolute Gasteiger partial charge is 0.458 e. The predicted molar refractivity (Wildman–Crippen MR) is 77.3 cm³/mol. The highest BCUT2D eigenvalue weighted by Gasteiger charge is 2.05. The van der Waals surface area contributed by atoms with Crippen molar-refractivity contribution in [1.82, 2.24) is 0 Å². The predicted octanol–water partition coefficient (Wildman–Crippen LogP) is 4.61. The van der Waals surface area contributed by atoms with Crippen LogP contribution in [-0.4, -0.2) is 5.78 Å². The number of benzene rings is 1. The third-order valence-corrected chi connectivity index (χ3v) is 3.01. The van der Waals surface area contributed by atoms with Crippen molar-refractivity contribution < 1.29 is 9.21 Å². The second kappa shape index (κ2) is 5.70. The Morgan fingerprint density at radius 2 is 1.79 bits per heavy atom. The molecule has 0 saturated heterocycles. The van der Waals surface area contributed by atoms with Gasteiger partial charge in [-0.3, -0.25) is 4.79 Å². The topological polar surface area (TPSA) is 30.2 Å². The summed E-state index contributed by atoms with van der Waals surface area (Å²) in [6, 6.07) is 11.7. The van der Waals surface area contributed by atoms with E-state index in [0.717, 1.165) is 11.3 Å². The minimum Gasteiger partial charge on any atom is -0.458 e. The molecule has 98 valence electrons. The summed E-state index contributed by atoms with van der Waals surface area (Å²) in [5.41, 5.74) is 2.31. The van der Waals surface area contributed by atoms with Crippen LogP contribution in [0.15, 0.2) is 46.9 Å². The summed E-state index contributed by atoms with van der Waals surface area (Å²) < 4.78 is 5.28. The van der Waals surface area contributed by atoms with E-state index in [1.54, 1.807) is 18.2 Å². The highest BCUT2D eigenvalue weighted by atomic mass is 16.3. The fourth-order valence-electron chi connectivity index (χ4n) is 1.81. The normalized spacial score (nSPS) is 11.4. The van der Waals surface area contributed by atoms with E-state index in [4.69, 9.17) is 4.42 Å². The highest BCUT2D eigenvalue weighted by molar-refractivity contribution is 6.04. The van der Waals surface area contributed by atoms with Gasteiger partial charge in [-0.25, -0.2) is 0 Å². The van der Waals surface area contributed by atoms with Crippen LogP contribution < -0.4 is 0 Å². The van der Waals surface area contributed by atoms with Crippen molar-refractivity contribution in [2.24, 2.45) is 0 Å². The molecule has 0 unspecified atom stereocenters. The lowest BCUT2D eigenvalue weighted by atomic mass is 10.0. The van der Waals surface area contributed by atoms with E-state index in [0.29, 0.717) is 11.7 Å². The molecule has 0 atom stereocenters. The minimum atomic E-state index is -0.110. The first-order valence-electron chi connectivity index (χ1n) is 6.45. The molecule has 2 heteroatoms. The molecular weight excluding hydrogens is 236 g/mol. The SMILES string of the molecule is Cc1ccc(C(=O)/C=C/c2ccc(C(C)C)cc2)o1. The van der Waals surface area contributed by atoms with Gasteiger partial charge in [0.25, 0.3) is 0 Å². The molecule has 2 rings (SSSR count). The third-order valence-electron chi connectivity index (χ3n) is 3.01. The number of ketones is 1. The molecule has 0 aliphatic rings. The summed E-state index contributed by atoms with van der Waals surface area (Å²) in [6.45, 7) is 6.15. The van der Waals surface area contributed by atoms with Crippen molar-refractivity contribution in [3.63, 3.8) is 0 Å². The van der Waals surface area contributed by atoms with Gasteiger partial charge in [0.1, 0.15) is 5.76 Å². The van der Waals surface area contributed by atoms with Gasteiger partial charge in [0.15, 0.2) is 5.76 Å². The highest BCUT2D eigenvalue weighted by Crippen LogP contribution is 2.15. The maximum Gasteiger partial charge on any atom is 0.221 e. The van der Waals surface area contributed by atoms with E-state index in [-0.39, 0.29) is 5.78 Å². The number of aryl methyl sites for hydroxylation is 1. The molecule has 0 N–H and O–H groups in total. The fraction of sp³-hybridized carbons (Fsp3) is 0.235. The molecule has 1 aromatic heterocycles. The van der Waals surface area contributed by atoms with Gasteiger partial charge in [-0.1, -0.05) is 44.2 Å². The molecule has 0 radical (unpaired) electrons. The number of carbonyl (C=O) groups is 1. The summed E-state index contributed by atoms with van der Waals surface area (Å²) in [7, 11) is 0. The molecule has 0 aliphatic carbocycles. The van der Waals surface area contributed by atoms with Crippen LogP contribution in [0.25, 0.3) is 6.08 Å². The van der Waals surface area contributed by atoms with Crippen molar-refractivity contribution in [3.8, 4) is 0 Å². The van der Waals surface area contributed by atoms with Gasteiger partial charge in [-0.2, -0.15) is 0 Å². The van der Waals surface area contributed by atoms with Gasteiger partial charge >= 0.3 is 0 Å². The molecule has 1 heterocycles. The van der Waals surface area contributed by atoms with E-state index >= 15 is 0 Å². The van der Waals surface area contributed by atoms with E-state index in [1.165, 1.54) is 5.56 Å². The molecule has 0 bridgehead atoms. The monoisotopic (exact) mass is 254 g/mol. The lowest BCUT2D eigenvalue weighted by Crippen LogP contribution is -1.91. The summed E-state index contributed by atoms with van der Waals surface area (Å²) in [4.78, 5) is 11.8. The number of carbonyl (C=O) groups excluding carboxylic acids is 1. The maximum atomic E-state index is 11.8. The molecule has 2 nitrogen and oxygen atoms in total. The van der Waals surface area contributed by atoms with Gasteiger partial charge < -0.3 is 4.42 Å². The quantitative estimate of drug-likeness (QED) is 0.589. The van der Waals surface area contributed by atoms with Crippen LogP contribution in [0.3, 0.4) is 0 Å². The smallest absolute Gasteiger partial charge is 0.221 e. The molecule has 0 aliphatic heterocycles. The number of furan rings is 1. The Kier molecular flexibility index (Phi) is 4.00. The molecular formula is C17H18O2. The zero-order valence-corrected chi connectivity index (χ0v) is 11.5. The molecule has 19 heavy (non-hydrogen) atoms. The van der Waals surface area contributed by atoms with Crippen LogP contribution in [0.1, 0.15) is 47.2 Å². The summed E-state index contributed by atoms with van der Waals surface area (Å²) >= 11 is 0. The Morgan fingerprint density at radius 1 is 1.11 bits per heavy atom. The standard InChI is InChI=1S/C17H18O2/c1-12(2)15-8-5-14(6-9-15)7-10-16(18)17-11-4-13(3)19-17/h4-12H,1-3H3/b10-7+. The Balaban J connectivity index is 2.08. The average molecular weight is 254 g/mol. The first-order chi connectivity index (χ1) is 9.06. The molecule has 0 amide bonds. The van der Waals surface area contributed by atoms with Crippen LogP contribution >= 0.6 is 0 Å². The number of hydrogen-bond acceptors (Lipinski definition) is 2. The molecule has 1 aromatic carbocycles. The summed E-state index contributed by atoms with van der Waals surface area (Å²) in [5, 5.41) is 0. The van der Waals surface area contributed by atoms with Crippen molar-refractivity contribution >= 4 is 11.9 Å². The maximum absolute atomic E-state index is 11.8. The zero-order valence-electron chi connectivity index (χ0n) is 11.5. The van der Waals surface area contributed by atoms with Gasteiger partial charge in [-0.15, -0.1) is 0 Å². The number of rotatable bonds is 4. The van der Waals surface area contributed by atoms with Crippen LogP contribution in [0, 0.1) is 6.92 Å². The van der Waals surface area contributed by atoms with Crippen molar-refractivity contribution in [1.29, 1.82) is 0 Å². The van der Waals surface area contributed by atoms with Gasteiger partial charge in [-0.05, 0) is 42.2 Å². The lowest BCUT2D eigenvalue weighted by molar-refractivity contribution is 0.102. The second-order valence-corrected chi connectivity index (χ2v) is 4.93. The Labute approximate surface area is 113 Å². The first-order valence-corrected chi connectivity index (χ1v) is 6.45. The lowest BCUT2D eigenvalue weighted by Gasteiger charge is -2.04. The van der Waals surface area contributed by atoms with Crippen molar-refractivity contribution in [3.05, 3.63) is 65.1 Å². The first kappa shape index (κ1) is 13.3. The second-order valence-electron chi connectivity index (χ2n) is 4.93. The van der Waals surface area contributed by atoms with Gasteiger partial charge in [0.2, 0.25) is 5.78 Å². The van der Waals surface area contributed by atoms with E-state index < -0.39 is 0 Å². The molecule has 0 fully saturated rings. The van der Waals surface area contributed by atoms with E-state index in [2.05, 4.69) is 26.0 Å². The minimum absolute atomic E-state index is 0.110. The van der Waals surface area contributed by atoms with E-state index in [1.807, 2.05) is 25.1 Å². The molecule has 0 spiro atoms. The Morgan fingerprint density at radius 3 is 2.32 bits per heavy atom. The number of hydrogen-bond donors (Lipinski definition) is 0. The Bertz CT molecular complexity index is 586. The third kappa shape index (κ3) is 3.44. The van der Waals surface area contributed by atoms with Crippen molar-refractivity contribution in [2.45, 2.75) is 26.7 Å². The van der Waals surface area contributed by atoms with Gasteiger partial charge in [0.05, 0.1) is 0 Å². The van der Waals surface area contributed by atoms with Crippen LogP contribution in [0.4, 0.5) is 0 Å². The van der Waals surface area contributed by atoms with Gasteiger partial charge in [0, 0.05) is 0 Å². The van der Waals surface area contributed by atoms with E-state index in [9.17, 15) is 4.79 Å². The van der Waals surface area contributed by atoms with Crippen LogP contribution in [0.2, 0.25) is 0 Å². The zero-order chi connectivity index (χ0) is 13.8. The number of allylic oxidation sites excluding steroid dienone is 1. The summed E-state index contributed by atoms with van der Waals surface area (Å²) in [5.74, 6) is 1.54. The van der Waals surface area contributed by atoms with Crippen LogP contribution in [-0.2, 0) is 0 Å². The van der Waals surface area contributed by atoms with Crippen LogP contribution in [0.5, 0.6) is 0 Å². The average Bonchev–Trinajstić information content (AvgIpc) is 2.83. The van der Waals surface area contributed by atoms with Crippen molar-refractivity contribution in [2.75, 3.05) is 0 Å². The molecule has 2 aromatic rings. The summed E-state index contributed by atoms with van der Waals surface area (Å²) in [6.07, 6.45) is 3.35. The molecule has 0 saturated carbocycles. The fourth-order valence-corrected chi connectivity index (χ4v) is 1.81.